The van der Waals surface area contributed by atoms with Gasteiger partial charge in [-0.25, -0.2) is 0 Å². The van der Waals surface area contributed by atoms with Gasteiger partial charge in [0.2, 0.25) is 0 Å². The van der Waals surface area contributed by atoms with Gasteiger partial charge in [-0.15, -0.1) is 0 Å². The molecule has 0 fully saturated rings. The number of nitriles is 1. The summed E-state index contributed by atoms with van der Waals surface area (Å²) in [7, 11) is 0. The third-order valence-electron chi connectivity index (χ3n) is 2.49. The van der Waals surface area contributed by atoms with Crippen LogP contribution >= 0.6 is 0 Å². The Bertz CT molecular complexity index is 385. The summed E-state index contributed by atoms with van der Waals surface area (Å²) in [5, 5.41) is 36.4. The van der Waals surface area contributed by atoms with Crippen molar-refractivity contribution in [2.75, 3.05) is 13.2 Å². The molecular weight excluding hydrogens is 234 g/mol. The van der Waals surface area contributed by atoms with Crippen LogP contribution in [0, 0.1) is 11.3 Å². The molecule has 0 heterocycles. The largest absolute Gasteiger partial charge is 0.493 e. The smallest absolute Gasteiger partial charge is 0.119 e. The fourth-order valence-corrected chi connectivity index (χ4v) is 1.49. The van der Waals surface area contributed by atoms with Crippen molar-refractivity contribution in [3.8, 4) is 11.8 Å². The topological polar surface area (TPSA) is 93.7 Å². The Kier molecular flexibility index (Phi) is 6.15. The Morgan fingerprint density at radius 3 is 2.44 bits per heavy atom. The van der Waals surface area contributed by atoms with Crippen molar-refractivity contribution in [1.29, 1.82) is 5.26 Å². The van der Waals surface area contributed by atoms with Crippen molar-refractivity contribution in [2.24, 2.45) is 0 Å². The molecule has 98 valence electrons. The SMILES string of the molecule is N#CCCOc1ccc(C(O)C(O)CCO)cc1. The van der Waals surface area contributed by atoms with Gasteiger partial charge in [0, 0.05) is 6.61 Å². The number of aliphatic hydroxyl groups excluding tert-OH is 3. The fourth-order valence-electron chi connectivity index (χ4n) is 1.49. The zero-order valence-corrected chi connectivity index (χ0v) is 9.99. The first-order valence-electron chi connectivity index (χ1n) is 5.75. The maximum absolute atomic E-state index is 9.78. The molecule has 0 aliphatic heterocycles. The summed E-state index contributed by atoms with van der Waals surface area (Å²) < 4.78 is 5.28. The highest BCUT2D eigenvalue weighted by Crippen LogP contribution is 2.21. The van der Waals surface area contributed by atoms with Crippen molar-refractivity contribution in [3.05, 3.63) is 29.8 Å². The minimum Gasteiger partial charge on any atom is -0.493 e. The number of ether oxygens (including phenoxy) is 1. The number of benzene rings is 1. The molecule has 5 heteroatoms. The molecule has 0 aliphatic rings. The molecule has 1 aromatic rings. The first kappa shape index (κ1) is 14.5. The third kappa shape index (κ3) is 4.34. The molecule has 2 unspecified atom stereocenters. The van der Waals surface area contributed by atoms with E-state index in [0.29, 0.717) is 24.3 Å². The third-order valence-corrected chi connectivity index (χ3v) is 2.49. The van der Waals surface area contributed by atoms with E-state index in [4.69, 9.17) is 15.1 Å². The molecule has 2 atom stereocenters. The minimum atomic E-state index is -1.02. The molecule has 0 saturated heterocycles. The van der Waals surface area contributed by atoms with Crippen molar-refractivity contribution >= 4 is 0 Å². The lowest BCUT2D eigenvalue weighted by atomic mass is 10.0. The number of nitrogens with zero attached hydrogens (tertiary/aromatic N) is 1. The normalized spacial score (nSPS) is 13.7. The Morgan fingerprint density at radius 1 is 1.22 bits per heavy atom. The number of rotatable bonds is 7. The highest BCUT2D eigenvalue weighted by Gasteiger charge is 2.17. The molecule has 0 bridgehead atoms. The molecule has 0 spiro atoms. The van der Waals surface area contributed by atoms with Crippen molar-refractivity contribution < 1.29 is 20.1 Å². The van der Waals surface area contributed by atoms with E-state index in [0.717, 1.165) is 0 Å². The van der Waals surface area contributed by atoms with Crippen LogP contribution in [0.4, 0.5) is 0 Å². The zero-order valence-electron chi connectivity index (χ0n) is 9.99. The second-order valence-corrected chi connectivity index (χ2v) is 3.85. The van der Waals surface area contributed by atoms with Gasteiger partial charge in [0.1, 0.15) is 18.5 Å². The van der Waals surface area contributed by atoms with Crippen molar-refractivity contribution in [2.45, 2.75) is 25.0 Å². The van der Waals surface area contributed by atoms with Gasteiger partial charge in [0.25, 0.3) is 0 Å². The van der Waals surface area contributed by atoms with E-state index in [9.17, 15) is 10.2 Å². The van der Waals surface area contributed by atoms with Gasteiger partial charge >= 0.3 is 0 Å². The molecule has 0 saturated carbocycles. The van der Waals surface area contributed by atoms with Crippen LogP contribution < -0.4 is 4.74 Å². The van der Waals surface area contributed by atoms with E-state index in [1.807, 2.05) is 6.07 Å². The van der Waals surface area contributed by atoms with Gasteiger partial charge in [-0.1, -0.05) is 12.1 Å². The standard InChI is InChI=1S/C13H17NO4/c14-7-1-9-18-11-4-2-10(3-5-11)13(17)12(16)6-8-15/h2-5,12-13,15-17H,1,6,8-9H2. The number of hydrogen-bond donors (Lipinski definition) is 3. The van der Waals surface area contributed by atoms with E-state index < -0.39 is 12.2 Å². The Balaban J connectivity index is 2.56. The van der Waals surface area contributed by atoms with E-state index >= 15 is 0 Å². The van der Waals surface area contributed by atoms with Crippen LogP contribution in [-0.4, -0.2) is 34.6 Å². The lowest BCUT2D eigenvalue weighted by molar-refractivity contribution is 0.00419. The van der Waals surface area contributed by atoms with Crippen molar-refractivity contribution in [1.82, 2.24) is 0 Å². The van der Waals surface area contributed by atoms with Gasteiger partial charge in [0.05, 0.1) is 18.6 Å². The number of aliphatic hydroxyl groups is 3. The predicted octanol–water partition coefficient (Wildman–Crippen LogP) is 0.756. The molecule has 5 nitrogen and oxygen atoms in total. The average Bonchev–Trinajstić information content (AvgIpc) is 2.39. The fraction of sp³-hybridized carbons (Fsp3) is 0.462. The summed E-state index contributed by atoms with van der Waals surface area (Å²) in [5.41, 5.74) is 0.559. The maximum atomic E-state index is 9.78. The van der Waals surface area contributed by atoms with Crippen LogP contribution in [0.15, 0.2) is 24.3 Å². The summed E-state index contributed by atoms with van der Waals surface area (Å²) in [6, 6.07) is 8.60. The molecule has 18 heavy (non-hydrogen) atoms. The minimum absolute atomic E-state index is 0.127. The predicted molar refractivity (Wildman–Crippen MR) is 64.8 cm³/mol. The van der Waals surface area contributed by atoms with Gasteiger partial charge in [-0.05, 0) is 24.1 Å². The first-order chi connectivity index (χ1) is 8.69. The van der Waals surface area contributed by atoms with Crippen LogP contribution in [0.5, 0.6) is 5.75 Å². The molecule has 0 aromatic heterocycles. The second-order valence-electron chi connectivity index (χ2n) is 3.85. The Hall–Kier alpha value is -1.61. The van der Waals surface area contributed by atoms with Gasteiger partial charge in [-0.3, -0.25) is 0 Å². The van der Waals surface area contributed by atoms with Crippen LogP contribution in [0.1, 0.15) is 24.5 Å². The highest BCUT2D eigenvalue weighted by molar-refractivity contribution is 5.29. The second kappa shape index (κ2) is 7.67. The van der Waals surface area contributed by atoms with Crippen LogP contribution in [-0.2, 0) is 0 Å². The molecule has 0 aliphatic carbocycles. The Labute approximate surface area is 106 Å². The summed E-state index contributed by atoms with van der Waals surface area (Å²) in [5.74, 6) is 0.609. The monoisotopic (exact) mass is 251 g/mol. The zero-order chi connectivity index (χ0) is 13.4. The summed E-state index contributed by atoms with van der Waals surface area (Å²) >= 11 is 0. The molecular formula is C13H17NO4. The summed E-state index contributed by atoms with van der Waals surface area (Å²) in [6.07, 6.45) is -1.56. The average molecular weight is 251 g/mol. The molecule has 3 N–H and O–H groups in total. The van der Waals surface area contributed by atoms with Gasteiger partial charge < -0.3 is 20.1 Å². The first-order valence-corrected chi connectivity index (χ1v) is 5.75. The maximum Gasteiger partial charge on any atom is 0.119 e. The quantitative estimate of drug-likeness (QED) is 0.622. The van der Waals surface area contributed by atoms with Gasteiger partial charge in [-0.2, -0.15) is 5.26 Å². The van der Waals surface area contributed by atoms with Gasteiger partial charge in [0.15, 0.2) is 0 Å². The lowest BCUT2D eigenvalue weighted by Gasteiger charge is -2.17. The van der Waals surface area contributed by atoms with E-state index in [1.54, 1.807) is 24.3 Å². The van der Waals surface area contributed by atoms with E-state index in [2.05, 4.69) is 0 Å². The highest BCUT2D eigenvalue weighted by atomic mass is 16.5. The van der Waals surface area contributed by atoms with Crippen LogP contribution in [0.2, 0.25) is 0 Å². The molecule has 1 rings (SSSR count). The Morgan fingerprint density at radius 2 is 1.89 bits per heavy atom. The molecule has 0 radical (unpaired) electrons. The van der Waals surface area contributed by atoms with E-state index in [1.165, 1.54) is 0 Å². The molecule has 1 aromatic carbocycles. The van der Waals surface area contributed by atoms with E-state index in [-0.39, 0.29) is 13.0 Å². The van der Waals surface area contributed by atoms with Crippen molar-refractivity contribution in [3.63, 3.8) is 0 Å². The summed E-state index contributed by atoms with van der Waals surface area (Å²) in [6.45, 7) is 0.152. The number of hydrogen-bond acceptors (Lipinski definition) is 5. The van der Waals surface area contributed by atoms with Crippen LogP contribution in [0.25, 0.3) is 0 Å². The lowest BCUT2D eigenvalue weighted by Crippen LogP contribution is -2.19. The molecule has 0 amide bonds. The summed E-state index contributed by atoms with van der Waals surface area (Å²) in [4.78, 5) is 0. The van der Waals surface area contributed by atoms with Crippen LogP contribution in [0.3, 0.4) is 0 Å².